The van der Waals surface area contributed by atoms with Crippen LogP contribution in [0.1, 0.15) is 19.4 Å². The van der Waals surface area contributed by atoms with Crippen LogP contribution in [0.2, 0.25) is 0 Å². The van der Waals surface area contributed by atoms with E-state index in [0.29, 0.717) is 0 Å². The van der Waals surface area contributed by atoms with Gasteiger partial charge in [0.15, 0.2) is 0 Å². The molecule has 0 fully saturated rings. The van der Waals surface area contributed by atoms with Gasteiger partial charge in [-0.2, -0.15) is 0 Å². The van der Waals surface area contributed by atoms with Gasteiger partial charge in [-0.15, -0.1) is 0 Å². The first-order valence-corrected chi connectivity index (χ1v) is 4.79. The molecule has 0 bridgehead atoms. The molecule has 1 unspecified atom stereocenters. The molecule has 1 aromatic rings. The molecule has 0 amide bonds. The molecule has 0 aromatic heterocycles. The van der Waals surface area contributed by atoms with Gasteiger partial charge in [-0.1, -0.05) is 6.92 Å². The van der Waals surface area contributed by atoms with Crippen LogP contribution in [0.15, 0.2) is 12.1 Å². The zero-order valence-corrected chi connectivity index (χ0v) is 8.69. The highest BCUT2D eigenvalue weighted by atomic mass is 19.1. The van der Waals surface area contributed by atoms with Crippen molar-refractivity contribution in [3.63, 3.8) is 0 Å². The van der Waals surface area contributed by atoms with E-state index in [2.05, 4.69) is 0 Å². The third-order valence-electron chi connectivity index (χ3n) is 1.95. The average Bonchev–Trinajstić information content (AvgIpc) is 2.14. The molecule has 0 saturated carbocycles. The molecule has 0 aliphatic carbocycles. The van der Waals surface area contributed by atoms with Crippen molar-refractivity contribution >= 4 is 0 Å². The van der Waals surface area contributed by atoms with Crippen LogP contribution in [-0.4, -0.2) is 12.8 Å². The lowest BCUT2D eigenvalue weighted by Gasteiger charge is -2.09. The van der Waals surface area contributed by atoms with Crippen LogP contribution in [0.4, 0.5) is 13.2 Å². The van der Waals surface area contributed by atoms with Crippen molar-refractivity contribution in [1.29, 1.82) is 0 Å². The number of hydrogen-bond acceptors (Lipinski definition) is 1. The number of ether oxygens (including phenoxy) is 1. The maximum atomic E-state index is 13.2. The normalized spacial score (nSPS) is 12.6. The zero-order chi connectivity index (χ0) is 11.4. The molecule has 15 heavy (non-hydrogen) atoms. The second-order valence-electron chi connectivity index (χ2n) is 3.31. The van der Waals surface area contributed by atoms with E-state index in [4.69, 9.17) is 4.74 Å². The van der Waals surface area contributed by atoms with Crippen molar-refractivity contribution in [2.24, 2.45) is 0 Å². The lowest BCUT2D eigenvalue weighted by molar-refractivity contribution is 0.208. The van der Waals surface area contributed by atoms with E-state index in [1.54, 1.807) is 6.92 Å². The van der Waals surface area contributed by atoms with E-state index < -0.39 is 17.8 Å². The van der Waals surface area contributed by atoms with E-state index in [9.17, 15) is 13.2 Å². The molecule has 0 aliphatic rings. The first kappa shape index (κ1) is 11.9. The number of rotatable bonds is 4. The van der Waals surface area contributed by atoms with Gasteiger partial charge in [-0.25, -0.2) is 13.2 Å². The monoisotopic (exact) mass is 218 g/mol. The fraction of sp³-hybridized carbons (Fsp3) is 0.455. The molecule has 4 heteroatoms. The number of alkyl halides is 1. The summed E-state index contributed by atoms with van der Waals surface area (Å²) in [5, 5.41) is 0. The minimum absolute atomic E-state index is 0.0201. The summed E-state index contributed by atoms with van der Waals surface area (Å²) in [5.41, 5.74) is 0.0237. The Balaban J connectivity index is 2.84. The van der Waals surface area contributed by atoms with Gasteiger partial charge in [0.2, 0.25) is 0 Å². The predicted molar refractivity (Wildman–Crippen MR) is 51.8 cm³/mol. The molecule has 0 saturated heterocycles. The standard InChI is InChI=1S/C11H13F3O/c1-3-9-10(13)4-8(5-11(9)14)15-6-7(2)12/h4-5,7H,3,6H2,1-2H3. The first-order valence-electron chi connectivity index (χ1n) is 4.79. The smallest absolute Gasteiger partial charge is 0.132 e. The van der Waals surface area contributed by atoms with Crippen LogP contribution >= 0.6 is 0 Å². The molecule has 1 nitrogen and oxygen atoms in total. The highest BCUT2D eigenvalue weighted by Gasteiger charge is 2.10. The maximum absolute atomic E-state index is 13.2. The Hall–Kier alpha value is -1.19. The summed E-state index contributed by atoms with van der Waals surface area (Å²) in [5.74, 6) is -1.29. The molecule has 0 aliphatic heterocycles. The Morgan fingerprint density at radius 3 is 2.20 bits per heavy atom. The van der Waals surface area contributed by atoms with Crippen LogP contribution < -0.4 is 4.74 Å². The molecule has 1 aromatic carbocycles. The first-order chi connectivity index (χ1) is 7.04. The minimum Gasteiger partial charge on any atom is -0.490 e. The van der Waals surface area contributed by atoms with Crippen molar-refractivity contribution < 1.29 is 17.9 Å². The Labute approximate surface area is 86.9 Å². The van der Waals surface area contributed by atoms with Crippen LogP contribution in [0.3, 0.4) is 0 Å². The molecule has 0 N–H and O–H groups in total. The topological polar surface area (TPSA) is 9.23 Å². The molecule has 0 spiro atoms. The van der Waals surface area contributed by atoms with Gasteiger partial charge in [0.05, 0.1) is 0 Å². The van der Waals surface area contributed by atoms with Gasteiger partial charge >= 0.3 is 0 Å². The van der Waals surface area contributed by atoms with E-state index in [1.807, 2.05) is 0 Å². The lowest BCUT2D eigenvalue weighted by Crippen LogP contribution is -2.09. The van der Waals surface area contributed by atoms with Crippen molar-refractivity contribution in [2.75, 3.05) is 6.61 Å². The van der Waals surface area contributed by atoms with Crippen molar-refractivity contribution in [3.8, 4) is 5.75 Å². The third-order valence-corrected chi connectivity index (χ3v) is 1.95. The second kappa shape index (κ2) is 5.05. The van der Waals surface area contributed by atoms with Gasteiger partial charge in [-0.3, -0.25) is 0 Å². The van der Waals surface area contributed by atoms with Gasteiger partial charge in [0.25, 0.3) is 0 Å². The highest BCUT2D eigenvalue weighted by molar-refractivity contribution is 5.30. The van der Waals surface area contributed by atoms with Gasteiger partial charge < -0.3 is 4.74 Å². The largest absolute Gasteiger partial charge is 0.490 e. The highest BCUT2D eigenvalue weighted by Crippen LogP contribution is 2.21. The van der Waals surface area contributed by atoms with Gasteiger partial charge in [-0.05, 0) is 13.3 Å². The van der Waals surface area contributed by atoms with Gasteiger partial charge in [0.1, 0.15) is 30.2 Å². The van der Waals surface area contributed by atoms with Crippen LogP contribution in [-0.2, 0) is 6.42 Å². The van der Waals surface area contributed by atoms with E-state index in [-0.39, 0.29) is 24.3 Å². The molecule has 1 rings (SSSR count). The lowest BCUT2D eigenvalue weighted by atomic mass is 10.1. The molecule has 0 radical (unpaired) electrons. The Bertz CT molecular complexity index is 314. The number of benzene rings is 1. The number of hydrogen-bond donors (Lipinski definition) is 0. The summed E-state index contributed by atoms with van der Waals surface area (Å²) >= 11 is 0. The summed E-state index contributed by atoms with van der Waals surface area (Å²) in [6.07, 6.45) is -0.890. The van der Waals surface area contributed by atoms with E-state index in [0.717, 1.165) is 12.1 Å². The van der Waals surface area contributed by atoms with Crippen LogP contribution in [0, 0.1) is 11.6 Å². The molecule has 1 atom stereocenters. The number of halogens is 3. The fourth-order valence-electron chi connectivity index (χ4n) is 1.21. The molecular formula is C11H13F3O. The van der Waals surface area contributed by atoms with Crippen LogP contribution in [0.5, 0.6) is 5.75 Å². The van der Waals surface area contributed by atoms with Crippen LogP contribution in [0.25, 0.3) is 0 Å². The van der Waals surface area contributed by atoms with Crippen molar-refractivity contribution in [1.82, 2.24) is 0 Å². The molecular weight excluding hydrogens is 205 g/mol. The summed E-state index contributed by atoms with van der Waals surface area (Å²) in [6.45, 7) is 2.77. The average molecular weight is 218 g/mol. The SMILES string of the molecule is CCc1c(F)cc(OCC(C)F)cc1F. The summed E-state index contributed by atoms with van der Waals surface area (Å²) in [6, 6.07) is 2.15. The second-order valence-corrected chi connectivity index (χ2v) is 3.31. The zero-order valence-electron chi connectivity index (χ0n) is 8.69. The van der Waals surface area contributed by atoms with E-state index in [1.165, 1.54) is 6.92 Å². The molecule has 0 heterocycles. The third kappa shape index (κ3) is 3.15. The summed E-state index contributed by atoms with van der Waals surface area (Å²) in [4.78, 5) is 0. The Kier molecular flexibility index (Phi) is 4.00. The van der Waals surface area contributed by atoms with Crippen molar-refractivity contribution in [2.45, 2.75) is 26.4 Å². The molecule has 84 valence electrons. The minimum atomic E-state index is -1.16. The summed E-state index contributed by atoms with van der Waals surface area (Å²) in [7, 11) is 0. The summed E-state index contributed by atoms with van der Waals surface area (Å²) < 4.78 is 43.7. The predicted octanol–water partition coefficient (Wildman–Crippen LogP) is 3.26. The van der Waals surface area contributed by atoms with Crippen molar-refractivity contribution in [3.05, 3.63) is 29.3 Å². The maximum Gasteiger partial charge on any atom is 0.132 e. The Morgan fingerprint density at radius 1 is 1.27 bits per heavy atom. The van der Waals surface area contributed by atoms with Gasteiger partial charge in [0, 0.05) is 17.7 Å². The quantitative estimate of drug-likeness (QED) is 0.753. The Morgan fingerprint density at radius 2 is 1.80 bits per heavy atom. The van der Waals surface area contributed by atoms with E-state index >= 15 is 0 Å². The fourth-order valence-corrected chi connectivity index (χ4v) is 1.21.